The first-order valence-corrected chi connectivity index (χ1v) is 8.19. The van der Waals surface area contributed by atoms with Crippen LogP contribution in [0.15, 0.2) is 12.4 Å². The lowest BCUT2D eigenvalue weighted by Gasteiger charge is -2.29. The molecule has 0 bridgehead atoms. The van der Waals surface area contributed by atoms with Crippen molar-refractivity contribution in [2.75, 3.05) is 32.8 Å². The molecule has 0 saturated carbocycles. The number of aromatic nitrogens is 5. The molecule has 0 N–H and O–H groups in total. The highest BCUT2D eigenvalue weighted by Crippen LogP contribution is 2.16. The molecule has 2 aliphatic rings. The van der Waals surface area contributed by atoms with Crippen LogP contribution in [0.5, 0.6) is 0 Å². The summed E-state index contributed by atoms with van der Waals surface area (Å²) in [7, 11) is 1.95. The van der Waals surface area contributed by atoms with Crippen LogP contribution in [0.25, 0.3) is 0 Å². The third-order valence-electron chi connectivity index (χ3n) is 4.54. The van der Waals surface area contributed by atoms with Crippen molar-refractivity contribution in [1.82, 2.24) is 34.3 Å². The normalized spacial score (nSPS) is 19.9. The Morgan fingerprint density at radius 1 is 1.04 bits per heavy atom. The van der Waals surface area contributed by atoms with Gasteiger partial charge in [0.1, 0.15) is 11.6 Å². The molecular formula is C15H23N7O. The lowest BCUT2D eigenvalue weighted by molar-refractivity contribution is 0.0323. The van der Waals surface area contributed by atoms with E-state index in [2.05, 4.69) is 35.9 Å². The Hall–Kier alpha value is -1.77. The summed E-state index contributed by atoms with van der Waals surface area (Å²) in [6.07, 6.45) is 4.01. The van der Waals surface area contributed by atoms with Gasteiger partial charge < -0.3 is 9.30 Å². The second-order valence-corrected chi connectivity index (χ2v) is 6.31. The smallest absolute Gasteiger partial charge is 0.147 e. The maximum absolute atomic E-state index is 5.41. The van der Waals surface area contributed by atoms with Crippen molar-refractivity contribution in [2.45, 2.75) is 26.2 Å². The summed E-state index contributed by atoms with van der Waals surface area (Å²) in [5, 5.41) is 13.1. The van der Waals surface area contributed by atoms with Crippen molar-refractivity contribution in [2.24, 2.45) is 7.05 Å². The van der Waals surface area contributed by atoms with Crippen LogP contribution in [0.3, 0.4) is 0 Å². The Labute approximate surface area is 135 Å². The van der Waals surface area contributed by atoms with Crippen molar-refractivity contribution in [3.63, 3.8) is 0 Å². The van der Waals surface area contributed by atoms with E-state index in [0.717, 1.165) is 70.7 Å². The molecule has 0 radical (unpaired) electrons. The quantitative estimate of drug-likeness (QED) is 0.782. The first kappa shape index (κ1) is 14.8. The summed E-state index contributed by atoms with van der Waals surface area (Å²) < 4.78 is 9.54. The Kier molecular flexibility index (Phi) is 4.11. The standard InChI is InChI=1S/C15H23N7O/c1-19-9-13(8-16-19)10-21-2-3-22-14(17-18-15(22)12-21)11-20-4-6-23-7-5-20/h8-9H,2-7,10-12H2,1H3. The summed E-state index contributed by atoms with van der Waals surface area (Å²) in [4.78, 5) is 4.79. The topological polar surface area (TPSA) is 64.2 Å². The van der Waals surface area contributed by atoms with Gasteiger partial charge in [0.05, 0.1) is 32.5 Å². The molecule has 0 spiro atoms. The molecule has 23 heavy (non-hydrogen) atoms. The maximum Gasteiger partial charge on any atom is 0.147 e. The molecule has 8 nitrogen and oxygen atoms in total. The van der Waals surface area contributed by atoms with E-state index < -0.39 is 0 Å². The van der Waals surface area contributed by atoms with Crippen LogP contribution in [0.2, 0.25) is 0 Å². The van der Waals surface area contributed by atoms with E-state index in [1.165, 1.54) is 5.56 Å². The average Bonchev–Trinajstić information content (AvgIpc) is 3.15. The summed E-state index contributed by atoms with van der Waals surface area (Å²) in [5.41, 5.74) is 1.24. The highest BCUT2D eigenvalue weighted by atomic mass is 16.5. The van der Waals surface area contributed by atoms with Crippen LogP contribution < -0.4 is 0 Å². The number of fused-ring (bicyclic) bond motifs is 1. The van der Waals surface area contributed by atoms with Crippen LogP contribution >= 0.6 is 0 Å². The number of hydrogen-bond acceptors (Lipinski definition) is 6. The highest BCUT2D eigenvalue weighted by Gasteiger charge is 2.23. The molecule has 2 aromatic heterocycles. The molecule has 124 valence electrons. The molecule has 4 heterocycles. The van der Waals surface area contributed by atoms with E-state index in [1.807, 2.05) is 17.9 Å². The molecule has 0 aromatic carbocycles. The van der Waals surface area contributed by atoms with Gasteiger partial charge in [-0.3, -0.25) is 14.5 Å². The maximum atomic E-state index is 5.41. The summed E-state index contributed by atoms with van der Waals surface area (Å²) in [6, 6.07) is 0. The molecule has 2 aliphatic heterocycles. The Balaban J connectivity index is 1.40. The van der Waals surface area contributed by atoms with Crippen LogP contribution in [0.1, 0.15) is 17.2 Å². The number of hydrogen-bond donors (Lipinski definition) is 0. The van der Waals surface area contributed by atoms with E-state index >= 15 is 0 Å². The first-order chi connectivity index (χ1) is 11.3. The third kappa shape index (κ3) is 3.29. The molecule has 0 atom stereocenters. The van der Waals surface area contributed by atoms with Gasteiger partial charge in [-0.1, -0.05) is 0 Å². The van der Waals surface area contributed by atoms with Crippen LogP contribution in [-0.4, -0.2) is 67.2 Å². The van der Waals surface area contributed by atoms with E-state index in [0.29, 0.717) is 0 Å². The molecule has 4 rings (SSSR count). The van der Waals surface area contributed by atoms with E-state index in [9.17, 15) is 0 Å². The zero-order valence-electron chi connectivity index (χ0n) is 13.6. The van der Waals surface area contributed by atoms with E-state index in [1.54, 1.807) is 0 Å². The second-order valence-electron chi connectivity index (χ2n) is 6.31. The molecule has 8 heteroatoms. The SMILES string of the molecule is Cn1cc(CN2CCn3c(CN4CCOCC4)nnc3C2)cn1. The molecule has 1 fully saturated rings. The third-order valence-corrected chi connectivity index (χ3v) is 4.54. The van der Waals surface area contributed by atoms with Crippen molar-refractivity contribution in [3.8, 4) is 0 Å². The number of ether oxygens (including phenoxy) is 1. The van der Waals surface area contributed by atoms with Crippen LogP contribution in [-0.2, 0) is 38.0 Å². The van der Waals surface area contributed by atoms with Gasteiger partial charge in [0.25, 0.3) is 0 Å². The Bertz CT molecular complexity index is 659. The number of rotatable bonds is 4. The fourth-order valence-electron chi connectivity index (χ4n) is 3.29. The summed E-state index contributed by atoms with van der Waals surface area (Å²) in [6.45, 7) is 8.23. The minimum atomic E-state index is 0.819. The minimum Gasteiger partial charge on any atom is -0.379 e. The Morgan fingerprint density at radius 3 is 2.70 bits per heavy atom. The van der Waals surface area contributed by atoms with Gasteiger partial charge >= 0.3 is 0 Å². The lowest BCUT2D eigenvalue weighted by atomic mass is 10.3. The van der Waals surface area contributed by atoms with Crippen molar-refractivity contribution >= 4 is 0 Å². The van der Waals surface area contributed by atoms with Crippen LogP contribution in [0, 0.1) is 0 Å². The molecule has 1 saturated heterocycles. The number of nitrogens with zero attached hydrogens (tertiary/aromatic N) is 7. The van der Waals surface area contributed by atoms with Crippen molar-refractivity contribution in [3.05, 3.63) is 29.6 Å². The minimum absolute atomic E-state index is 0.819. The zero-order valence-corrected chi connectivity index (χ0v) is 13.6. The largest absolute Gasteiger partial charge is 0.379 e. The van der Waals surface area contributed by atoms with Gasteiger partial charge in [0.2, 0.25) is 0 Å². The highest BCUT2D eigenvalue weighted by molar-refractivity contribution is 5.05. The van der Waals surface area contributed by atoms with Crippen LogP contribution in [0.4, 0.5) is 0 Å². The Morgan fingerprint density at radius 2 is 1.91 bits per heavy atom. The van der Waals surface area contributed by atoms with Gasteiger partial charge in [-0.25, -0.2) is 0 Å². The van der Waals surface area contributed by atoms with E-state index in [-0.39, 0.29) is 0 Å². The van der Waals surface area contributed by atoms with Gasteiger partial charge in [0, 0.05) is 51.5 Å². The second kappa shape index (κ2) is 6.38. The van der Waals surface area contributed by atoms with E-state index in [4.69, 9.17) is 4.74 Å². The van der Waals surface area contributed by atoms with Crippen molar-refractivity contribution < 1.29 is 4.74 Å². The zero-order chi connectivity index (χ0) is 15.6. The summed E-state index contributed by atoms with van der Waals surface area (Å²) >= 11 is 0. The van der Waals surface area contributed by atoms with Gasteiger partial charge in [-0.2, -0.15) is 5.10 Å². The predicted octanol–water partition coefficient (Wildman–Crippen LogP) is -0.140. The van der Waals surface area contributed by atoms with Gasteiger partial charge in [-0.15, -0.1) is 10.2 Å². The fraction of sp³-hybridized carbons (Fsp3) is 0.667. The fourth-order valence-corrected chi connectivity index (χ4v) is 3.29. The number of morpholine rings is 1. The lowest BCUT2D eigenvalue weighted by Crippen LogP contribution is -2.38. The molecule has 0 unspecified atom stereocenters. The number of aryl methyl sites for hydroxylation is 1. The average molecular weight is 317 g/mol. The van der Waals surface area contributed by atoms with Crippen molar-refractivity contribution in [1.29, 1.82) is 0 Å². The predicted molar refractivity (Wildman–Crippen MR) is 83.4 cm³/mol. The molecule has 2 aromatic rings. The van der Waals surface area contributed by atoms with Gasteiger partial charge in [-0.05, 0) is 0 Å². The molecule has 0 aliphatic carbocycles. The molecular weight excluding hydrogens is 294 g/mol. The summed E-state index contributed by atoms with van der Waals surface area (Å²) in [5.74, 6) is 2.16. The monoisotopic (exact) mass is 317 g/mol. The molecule has 0 amide bonds. The first-order valence-electron chi connectivity index (χ1n) is 8.19. The van der Waals surface area contributed by atoms with Gasteiger partial charge in [0.15, 0.2) is 0 Å².